The van der Waals surface area contributed by atoms with Crippen LogP contribution in [0.3, 0.4) is 0 Å². The highest BCUT2D eigenvalue weighted by Crippen LogP contribution is 2.22. The molecule has 0 aliphatic heterocycles. The summed E-state index contributed by atoms with van der Waals surface area (Å²) in [5, 5.41) is 2.89. The van der Waals surface area contributed by atoms with Gasteiger partial charge in [0.05, 0.1) is 5.56 Å². The molecule has 0 saturated carbocycles. The lowest BCUT2D eigenvalue weighted by molar-refractivity contribution is 0.0937. The Morgan fingerprint density at radius 3 is 2.50 bits per heavy atom. The number of nitrogens with zero attached hydrogens (tertiary/aromatic N) is 2. The molecule has 4 nitrogen and oxygen atoms in total. The predicted molar refractivity (Wildman–Crippen MR) is 90.1 cm³/mol. The normalized spacial score (nSPS) is 12.0. The van der Waals surface area contributed by atoms with Crippen molar-refractivity contribution in [3.8, 4) is 0 Å². The first kappa shape index (κ1) is 15.9. The average Bonchev–Trinajstić information content (AvgIpc) is 2.99. The molecule has 5 heteroatoms. The molecule has 3 aromatic rings. The molecule has 1 atom stereocenters. The molecular weight excluding hydrogens is 305 g/mol. The number of aryl methyl sites for hydroxylation is 2. The van der Waals surface area contributed by atoms with Crippen LogP contribution in [0.1, 0.15) is 33.4 Å². The number of carbonyl (C=O) groups excluding carboxylic acids is 1. The fraction of sp³-hybridized carbons (Fsp3) is 0.158. The monoisotopic (exact) mass is 323 g/mol. The molecule has 1 N–H and O–H groups in total. The molecule has 0 bridgehead atoms. The maximum Gasteiger partial charge on any atom is 0.255 e. The molecule has 0 fully saturated rings. The third kappa shape index (κ3) is 3.20. The van der Waals surface area contributed by atoms with Crippen LogP contribution in [0.5, 0.6) is 0 Å². The van der Waals surface area contributed by atoms with E-state index in [1.807, 2.05) is 49.0 Å². The molecule has 0 aliphatic rings. The van der Waals surface area contributed by atoms with E-state index in [1.54, 1.807) is 18.3 Å². The van der Waals surface area contributed by atoms with Crippen molar-refractivity contribution in [3.63, 3.8) is 0 Å². The van der Waals surface area contributed by atoms with Crippen LogP contribution in [-0.4, -0.2) is 15.5 Å². The lowest BCUT2D eigenvalue weighted by atomic mass is 10.0. The van der Waals surface area contributed by atoms with Gasteiger partial charge in [0.1, 0.15) is 17.7 Å². The number of benzene rings is 2. The molecule has 0 aliphatic carbocycles. The fourth-order valence-corrected chi connectivity index (χ4v) is 2.57. The molecule has 2 aromatic carbocycles. The van der Waals surface area contributed by atoms with Crippen molar-refractivity contribution in [2.75, 3.05) is 0 Å². The van der Waals surface area contributed by atoms with E-state index in [2.05, 4.69) is 10.3 Å². The van der Waals surface area contributed by atoms with Gasteiger partial charge in [0.15, 0.2) is 0 Å². The van der Waals surface area contributed by atoms with Gasteiger partial charge in [-0.3, -0.25) is 4.79 Å². The third-order valence-corrected chi connectivity index (χ3v) is 3.92. The van der Waals surface area contributed by atoms with Crippen LogP contribution in [0, 0.1) is 12.7 Å². The zero-order valence-electron chi connectivity index (χ0n) is 13.5. The van der Waals surface area contributed by atoms with Gasteiger partial charge < -0.3 is 9.88 Å². The maximum atomic E-state index is 13.9. The molecule has 122 valence electrons. The predicted octanol–water partition coefficient (Wildman–Crippen LogP) is 3.39. The minimum absolute atomic E-state index is 0.0174. The molecule has 24 heavy (non-hydrogen) atoms. The first-order valence-corrected chi connectivity index (χ1v) is 7.65. The highest BCUT2D eigenvalue weighted by molar-refractivity contribution is 5.94. The minimum atomic E-state index is -0.544. The minimum Gasteiger partial charge on any atom is -0.338 e. The van der Waals surface area contributed by atoms with Crippen LogP contribution in [0.4, 0.5) is 4.39 Å². The van der Waals surface area contributed by atoms with Crippen molar-refractivity contribution in [2.24, 2.45) is 7.05 Å². The Kier molecular flexibility index (Phi) is 4.42. The first-order valence-electron chi connectivity index (χ1n) is 7.65. The second-order valence-corrected chi connectivity index (χ2v) is 5.69. The third-order valence-electron chi connectivity index (χ3n) is 3.92. The summed E-state index contributed by atoms with van der Waals surface area (Å²) >= 11 is 0. The standard InChI is InChI=1S/C19H18FN3O/c1-13-7-9-14(10-8-13)17(18-21-11-12-23(18)2)22-19(24)15-5-3-4-6-16(15)20/h3-12,17H,1-2H3,(H,22,24). The largest absolute Gasteiger partial charge is 0.338 e. The zero-order chi connectivity index (χ0) is 17.1. The average molecular weight is 323 g/mol. The summed E-state index contributed by atoms with van der Waals surface area (Å²) in [5.41, 5.74) is 2.03. The van der Waals surface area contributed by atoms with E-state index in [1.165, 1.54) is 12.1 Å². The molecule has 0 saturated heterocycles. The van der Waals surface area contributed by atoms with Gasteiger partial charge in [-0.25, -0.2) is 9.37 Å². The Morgan fingerprint density at radius 1 is 1.17 bits per heavy atom. The van der Waals surface area contributed by atoms with Crippen LogP contribution >= 0.6 is 0 Å². The van der Waals surface area contributed by atoms with E-state index in [-0.39, 0.29) is 5.56 Å². The number of imidazole rings is 1. The molecular formula is C19H18FN3O. The van der Waals surface area contributed by atoms with Crippen LogP contribution in [0.2, 0.25) is 0 Å². The van der Waals surface area contributed by atoms with Gasteiger partial charge in [0.25, 0.3) is 5.91 Å². The lowest BCUT2D eigenvalue weighted by Gasteiger charge is -2.19. The zero-order valence-corrected chi connectivity index (χ0v) is 13.5. The maximum absolute atomic E-state index is 13.9. The topological polar surface area (TPSA) is 46.9 Å². The Hall–Kier alpha value is -2.95. The number of rotatable bonds is 4. The van der Waals surface area contributed by atoms with Crippen LogP contribution in [0.25, 0.3) is 0 Å². The van der Waals surface area contributed by atoms with Crippen molar-refractivity contribution in [1.29, 1.82) is 0 Å². The smallest absolute Gasteiger partial charge is 0.255 e. The summed E-state index contributed by atoms with van der Waals surface area (Å²) in [5.74, 6) is -0.331. The number of hydrogen-bond acceptors (Lipinski definition) is 2. The Labute approximate surface area is 140 Å². The van der Waals surface area contributed by atoms with Crippen molar-refractivity contribution in [1.82, 2.24) is 14.9 Å². The van der Waals surface area contributed by atoms with Crippen molar-refractivity contribution in [2.45, 2.75) is 13.0 Å². The number of aromatic nitrogens is 2. The van der Waals surface area contributed by atoms with Crippen molar-refractivity contribution >= 4 is 5.91 Å². The summed E-state index contributed by atoms with van der Waals surface area (Å²) in [6.07, 6.45) is 3.48. The number of hydrogen-bond donors (Lipinski definition) is 1. The SMILES string of the molecule is Cc1ccc(C(NC(=O)c2ccccc2F)c2nccn2C)cc1. The lowest BCUT2D eigenvalue weighted by Crippen LogP contribution is -2.31. The quantitative estimate of drug-likeness (QED) is 0.800. The van der Waals surface area contributed by atoms with Gasteiger partial charge in [-0.2, -0.15) is 0 Å². The molecule has 0 spiro atoms. The van der Waals surface area contributed by atoms with E-state index >= 15 is 0 Å². The van der Waals surface area contributed by atoms with E-state index in [4.69, 9.17) is 0 Å². The van der Waals surface area contributed by atoms with Gasteiger partial charge in [-0.15, -0.1) is 0 Å². The number of nitrogens with one attached hydrogen (secondary N) is 1. The number of carbonyl (C=O) groups is 1. The number of halogens is 1. The second-order valence-electron chi connectivity index (χ2n) is 5.69. The van der Waals surface area contributed by atoms with Crippen molar-refractivity contribution in [3.05, 3.63) is 89.3 Å². The van der Waals surface area contributed by atoms with E-state index in [9.17, 15) is 9.18 Å². The Morgan fingerprint density at radius 2 is 1.88 bits per heavy atom. The summed E-state index contributed by atoms with van der Waals surface area (Å²) in [7, 11) is 1.86. The van der Waals surface area contributed by atoms with E-state index in [0.717, 1.165) is 11.1 Å². The summed E-state index contributed by atoms with van der Waals surface area (Å²) < 4.78 is 15.7. The molecule has 3 rings (SSSR count). The van der Waals surface area contributed by atoms with E-state index in [0.29, 0.717) is 5.82 Å². The molecule has 1 heterocycles. The van der Waals surface area contributed by atoms with Crippen molar-refractivity contribution < 1.29 is 9.18 Å². The fourth-order valence-electron chi connectivity index (χ4n) is 2.57. The summed E-state index contributed by atoms with van der Waals surface area (Å²) in [6.45, 7) is 2.00. The van der Waals surface area contributed by atoms with Gasteiger partial charge >= 0.3 is 0 Å². The van der Waals surface area contributed by atoms with Gasteiger partial charge in [0.2, 0.25) is 0 Å². The highest BCUT2D eigenvalue weighted by Gasteiger charge is 2.22. The first-order chi connectivity index (χ1) is 11.6. The van der Waals surface area contributed by atoms with Crippen LogP contribution in [-0.2, 0) is 7.05 Å². The van der Waals surface area contributed by atoms with Gasteiger partial charge in [-0.05, 0) is 24.6 Å². The van der Waals surface area contributed by atoms with Gasteiger partial charge in [0, 0.05) is 19.4 Å². The second kappa shape index (κ2) is 6.66. The Bertz CT molecular complexity index is 855. The highest BCUT2D eigenvalue weighted by atomic mass is 19.1. The molecule has 1 unspecified atom stereocenters. The number of amides is 1. The summed E-state index contributed by atoms with van der Waals surface area (Å²) in [6, 6.07) is 13.3. The van der Waals surface area contributed by atoms with Crippen LogP contribution < -0.4 is 5.32 Å². The summed E-state index contributed by atoms with van der Waals surface area (Å²) in [4.78, 5) is 16.9. The molecule has 1 aromatic heterocycles. The van der Waals surface area contributed by atoms with E-state index < -0.39 is 17.8 Å². The molecule has 1 amide bonds. The van der Waals surface area contributed by atoms with Gasteiger partial charge in [-0.1, -0.05) is 42.0 Å². The Balaban J connectivity index is 1.97. The molecule has 0 radical (unpaired) electrons. The van der Waals surface area contributed by atoms with Crippen LogP contribution in [0.15, 0.2) is 60.9 Å².